The summed E-state index contributed by atoms with van der Waals surface area (Å²) in [6.45, 7) is 3.01. The molecule has 1 aliphatic rings. The van der Waals surface area contributed by atoms with E-state index >= 15 is 0 Å². The third-order valence-corrected chi connectivity index (χ3v) is 4.12. The zero-order valence-corrected chi connectivity index (χ0v) is 12.9. The molecule has 106 valence electrons. The van der Waals surface area contributed by atoms with Gasteiger partial charge in [-0.05, 0) is 60.3 Å². The van der Waals surface area contributed by atoms with E-state index in [4.69, 9.17) is 4.74 Å². The van der Waals surface area contributed by atoms with Crippen LogP contribution < -0.4 is 10.1 Å². The van der Waals surface area contributed by atoms with E-state index in [-0.39, 0.29) is 0 Å². The number of piperidine rings is 1. The molecule has 2 aromatic heterocycles. The topological polar surface area (TPSA) is 47.0 Å². The lowest BCUT2D eigenvalue weighted by Gasteiger charge is -2.22. The maximum Gasteiger partial charge on any atom is 0.148 e. The molecule has 2 aromatic rings. The highest BCUT2D eigenvalue weighted by Crippen LogP contribution is 2.24. The molecule has 0 bridgehead atoms. The quantitative estimate of drug-likeness (QED) is 0.932. The fourth-order valence-electron chi connectivity index (χ4n) is 2.60. The number of nitrogens with one attached hydrogen (secondary N) is 1. The van der Waals surface area contributed by atoms with Crippen molar-refractivity contribution >= 4 is 27.0 Å². The van der Waals surface area contributed by atoms with Gasteiger partial charge >= 0.3 is 0 Å². The first-order chi connectivity index (χ1) is 9.83. The number of nitrogens with zero attached hydrogens (tertiary/aromatic N) is 2. The zero-order valence-electron chi connectivity index (χ0n) is 11.3. The van der Waals surface area contributed by atoms with Crippen LogP contribution in [-0.2, 0) is 0 Å². The molecule has 0 spiro atoms. The molecular weight excluding hydrogens is 318 g/mol. The molecule has 0 aliphatic carbocycles. The molecule has 1 N–H and O–H groups in total. The molecular formula is C15H18BrN3O. The van der Waals surface area contributed by atoms with E-state index in [0.717, 1.165) is 53.3 Å². The summed E-state index contributed by atoms with van der Waals surface area (Å²) in [5.41, 5.74) is 1.69. The average molecular weight is 336 g/mol. The van der Waals surface area contributed by atoms with E-state index < -0.39 is 0 Å². The highest BCUT2D eigenvalue weighted by molar-refractivity contribution is 9.10. The van der Waals surface area contributed by atoms with Gasteiger partial charge in [-0.1, -0.05) is 0 Å². The first-order valence-electron chi connectivity index (χ1n) is 7.07. The zero-order chi connectivity index (χ0) is 13.8. The van der Waals surface area contributed by atoms with Crippen molar-refractivity contribution in [3.8, 4) is 5.75 Å². The maximum atomic E-state index is 5.92. The molecule has 0 radical (unpaired) electrons. The number of halogens is 1. The number of aromatic nitrogens is 2. The summed E-state index contributed by atoms with van der Waals surface area (Å²) in [5.74, 6) is 1.56. The minimum Gasteiger partial charge on any atom is -0.491 e. The summed E-state index contributed by atoms with van der Waals surface area (Å²) < 4.78 is 6.85. The SMILES string of the molecule is Brc1cnc2c(OCCC3CCCNC3)ccnc2c1. The molecule has 1 unspecified atom stereocenters. The van der Waals surface area contributed by atoms with Gasteiger partial charge in [-0.15, -0.1) is 0 Å². The van der Waals surface area contributed by atoms with Crippen molar-refractivity contribution in [1.29, 1.82) is 0 Å². The second-order valence-corrected chi connectivity index (χ2v) is 6.10. The van der Waals surface area contributed by atoms with Crippen LogP contribution in [0.15, 0.2) is 29.0 Å². The van der Waals surface area contributed by atoms with E-state index in [9.17, 15) is 0 Å². The fourth-order valence-corrected chi connectivity index (χ4v) is 2.92. The van der Waals surface area contributed by atoms with Crippen molar-refractivity contribution in [2.75, 3.05) is 19.7 Å². The Morgan fingerprint density at radius 2 is 2.35 bits per heavy atom. The summed E-state index contributed by atoms with van der Waals surface area (Å²) in [5, 5.41) is 3.44. The Morgan fingerprint density at radius 1 is 1.40 bits per heavy atom. The monoisotopic (exact) mass is 335 g/mol. The van der Waals surface area contributed by atoms with Crippen LogP contribution in [0.1, 0.15) is 19.3 Å². The summed E-state index contributed by atoms with van der Waals surface area (Å²) in [4.78, 5) is 8.72. The second-order valence-electron chi connectivity index (χ2n) is 5.18. The third-order valence-electron chi connectivity index (χ3n) is 3.69. The minimum atomic E-state index is 0.735. The van der Waals surface area contributed by atoms with E-state index in [1.54, 1.807) is 12.4 Å². The minimum absolute atomic E-state index is 0.735. The van der Waals surface area contributed by atoms with Crippen molar-refractivity contribution in [2.45, 2.75) is 19.3 Å². The Kier molecular flexibility index (Phi) is 4.47. The highest BCUT2D eigenvalue weighted by Gasteiger charge is 2.13. The van der Waals surface area contributed by atoms with Gasteiger partial charge in [0.1, 0.15) is 11.3 Å². The predicted octanol–water partition coefficient (Wildman–Crippen LogP) is 3.16. The molecule has 20 heavy (non-hydrogen) atoms. The van der Waals surface area contributed by atoms with Crippen molar-refractivity contribution < 1.29 is 4.74 Å². The van der Waals surface area contributed by atoms with Crippen molar-refractivity contribution in [3.05, 3.63) is 29.0 Å². The standard InChI is InChI=1S/C15H18BrN3O/c16-12-8-13-15(19-10-12)14(3-6-18-13)20-7-4-11-2-1-5-17-9-11/h3,6,8,10-11,17H,1-2,4-5,7,9H2. The van der Waals surface area contributed by atoms with Crippen LogP contribution in [0.25, 0.3) is 11.0 Å². The van der Waals surface area contributed by atoms with E-state index in [0.29, 0.717) is 0 Å². The van der Waals surface area contributed by atoms with Gasteiger partial charge in [0.05, 0.1) is 12.1 Å². The summed E-state index contributed by atoms with van der Waals surface area (Å²) in [7, 11) is 0. The van der Waals surface area contributed by atoms with Gasteiger partial charge in [-0.25, -0.2) is 4.98 Å². The molecule has 0 saturated carbocycles. The van der Waals surface area contributed by atoms with E-state index in [2.05, 4.69) is 31.2 Å². The Hall–Kier alpha value is -1.20. The summed E-state index contributed by atoms with van der Waals surface area (Å²) in [6, 6.07) is 3.85. The van der Waals surface area contributed by atoms with Crippen molar-refractivity contribution in [1.82, 2.24) is 15.3 Å². The average Bonchev–Trinajstić information content (AvgIpc) is 2.48. The first kappa shape index (κ1) is 13.8. The predicted molar refractivity (Wildman–Crippen MR) is 82.9 cm³/mol. The molecule has 3 heterocycles. The smallest absolute Gasteiger partial charge is 0.148 e. The van der Waals surface area contributed by atoms with Crippen LogP contribution in [0.2, 0.25) is 0 Å². The number of hydrogen-bond acceptors (Lipinski definition) is 4. The Bertz CT molecular complexity index is 584. The van der Waals surface area contributed by atoms with Crippen LogP contribution in [0.5, 0.6) is 5.75 Å². The van der Waals surface area contributed by atoms with Gasteiger partial charge in [0, 0.05) is 22.9 Å². The van der Waals surface area contributed by atoms with Gasteiger partial charge in [-0.2, -0.15) is 0 Å². The normalized spacial score (nSPS) is 19.1. The molecule has 1 aliphatic heterocycles. The molecule has 3 rings (SSSR count). The third kappa shape index (κ3) is 3.27. The largest absolute Gasteiger partial charge is 0.491 e. The Morgan fingerprint density at radius 3 is 3.20 bits per heavy atom. The van der Waals surface area contributed by atoms with Crippen LogP contribution in [-0.4, -0.2) is 29.7 Å². The van der Waals surface area contributed by atoms with Gasteiger partial charge in [0.25, 0.3) is 0 Å². The van der Waals surface area contributed by atoms with Crippen molar-refractivity contribution in [3.63, 3.8) is 0 Å². The van der Waals surface area contributed by atoms with Crippen LogP contribution >= 0.6 is 15.9 Å². The molecule has 0 aromatic carbocycles. The molecule has 1 atom stereocenters. The molecule has 1 fully saturated rings. The molecule has 0 amide bonds. The van der Waals surface area contributed by atoms with Crippen molar-refractivity contribution in [2.24, 2.45) is 5.92 Å². The lowest BCUT2D eigenvalue weighted by molar-refractivity contribution is 0.255. The number of rotatable bonds is 4. The van der Waals surface area contributed by atoms with Gasteiger partial charge in [0.2, 0.25) is 0 Å². The Balaban J connectivity index is 1.65. The maximum absolute atomic E-state index is 5.92. The number of ether oxygens (including phenoxy) is 1. The van der Waals surface area contributed by atoms with Gasteiger partial charge in [-0.3, -0.25) is 4.98 Å². The lowest BCUT2D eigenvalue weighted by atomic mass is 9.97. The molecule has 4 nitrogen and oxygen atoms in total. The highest BCUT2D eigenvalue weighted by atomic mass is 79.9. The molecule has 5 heteroatoms. The van der Waals surface area contributed by atoms with E-state index in [1.165, 1.54) is 12.8 Å². The summed E-state index contributed by atoms with van der Waals surface area (Å²) >= 11 is 3.41. The first-order valence-corrected chi connectivity index (χ1v) is 7.86. The summed E-state index contributed by atoms with van der Waals surface area (Å²) in [6.07, 6.45) is 7.22. The number of hydrogen-bond donors (Lipinski definition) is 1. The van der Waals surface area contributed by atoms with E-state index in [1.807, 2.05) is 12.1 Å². The van der Waals surface area contributed by atoms with Crippen LogP contribution in [0, 0.1) is 5.92 Å². The van der Waals surface area contributed by atoms with Crippen LogP contribution in [0.3, 0.4) is 0 Å². The number of fused-ring (bicyclic) bond motifs is 1. The van der Waals surface area contributed by atoms with Crippen LogP contribution in [0.4, 0.5) is 0 Å². The Labute approximate surface area is 127 Å². The molecule has 1 saturated heterocycles. The van der Waals surface area contributed by atoms with Gasteiger partial charge in [0.15, 0.2) is 0 Å². The van der Waals surface area contributed by atoms with Gasteiger partial charge < -0.3 is 10.1 Å². The fraction of sp³-hybridized carbons (Fsp3) is 0.467. The lowest BCUT2D eigenvalue weighted by Crippen LogP contribution is -2.30. The second kappa shape index (κ2) is 6.50. The number of pyridine rings is 2.